The molecule has 0 heterocycles. The van der Waals surface area contributed by atoms with Gasteiger partial charge in [0.1, 0.15) is 11.8 Å². The van der Waals surface area contributed by atoms with Crippen LogP contribution in [0.1, 0.15) is 37.2 Å². The zero-order valence-electron chi connectivity index (χ0n) is 17.8. The molecule has 2 aromatic rings. The monoisotopic (exact) mass is 446 g/mol. The van der Waals surface area contributed by atoms with Gasteiger partial charge in [0.15, 0.2) is 0 Å². The van der Waals surface area contributed by atoms with E-state index in [-0.39, 0.29) is 18.5 Å². The fraction of sp³-hybridized carbons (Fsp3) is 0.391. The number of carboxylic acids is 1. The van der Waals surface area contributed by atoms with Crippen LogP contribution in [-0.2, 0) is 20.6 Å². The quantitative estimate of drug-likeness (QED) is 0.392. The van der Waals surface area contributed by atoms with Gasteiger partial charge in [-0.2, -0.15) is 0 Å². The lowest BCUT2D eigenvalue weighted by molar-refractivity contribution is -0.142. The lowest BCUT2D eigenvalue weighted by Gasteiger charge is -2.26. The van der Waals surface area contributed by atoms with Crippen molar-refractivity contribution in [2.45, 2.75) is 38.5 Å². The van der Waals surface area contributed by atoms with E-state index in [1.54, 1.807) is 54.6 Å². The third kappa shape index (κ3) is 7.62. The van der Waals surface area contributed by atoms with Crippen LogP contribution in [0.15, 0.2) is 60.7 Å². The van der Waals surface area contributed by atoms with Crippen molar-refractivity contribution in [1.29, 1.82) is 0 Å². The molecule has 8 heteroatoms. The largest absolute Gasteiger partial charge is 0.480 e. The maximum atomic E-state index is 13.1. The highest BCUT2D eigenvalue weighted by Crippen LogP contribution is 2.54. The van der Waals surface area contributed by atoms with E-state index in [1.807, 2.05) is 19.9 Å². The number of amides is 1. The normalized spacial score (nSPS) is 16.2. The lowest BCUT2D eigenvalue weighted by Crippen LogP contribution is -2.46. The Balaban J connectivity index is 2.16. The Labute approximate surface area is 183 Å². The summed E-state index contributed by atoms with van der Waals surface area (Å²) in [6, 6.07) is 16.4. The number of rotatable bonds is 11. The molecule has 2 rings (SSSR count). The summed E-state index contributed by atoms with van der Waals surface area (Å²) < 4.78 is 13.1. The Morgan fingerprint density at radius 3 is 2.10 bits per heavy atom. The van der Waals surface area contributed by atoms with E-state index in [4.69, 9.17) is 5.73 Å². The molecule has 0 aromatic heterocycles. The van der Waals surface area contributed by atoms with Crippen LogP contribution < -0.4 is 11.1 Å². The smallest absolute Gasteiger partial charge is 0.326 e. The molecule has 31 heavy (non-hydrogen) atoms. The average molecular weight is 446 g/mol. The van der Waals surface area contributed by atoms with Gasteiger partial charge in [0.05, 0.1) is 0 Å². The maximum absolute atomic E-state index is 13.1. The number of nitrogens with one attached hydrogen (secondary N) is 1. The summed E-state index contributed by atoms with van der Waals surface area (Å²) in [6.07, 6.45) is 0.150. The van der Waals surface area contributed by atoms with Crippen molar-refractivity contribution in [1.82, 2.24) is 5.32 Å². The van der Waals surface area contributed by atoms with Crippen molar-refractivity contribution in [2.24, 2.45) is 17.6 Å². The summed E-state index contributed by atoms with van der Waals surface area (Å²) in [5.74, 6) is -3.58. The third-order valence-electron chi connectivity index (χ3n) is 5.08. The second kappa shape index (κ2) is 11.2. The minimum Gasteiger partial charge on any atom is -0.480 e. The zero-order valence-corrected chi connectivity index (χ0v) is 18.7. The first-order chi connectivity index (χ1) is 14.6. The molecule has 1 amide bonds. The molecule has 4 atom stereocenters. The van der Waals surface area contributed by atoms with Crippen LogP contribution in [0.2, 0.25) is 0 Å². The molecular formula is C23H31N2O5P. The van der Waals surface area contributed by atoms with Crippen LogP contribution in [0.4, 0.5) is 0 Å². The first-order valence-corrected chi connectivity index (χ1v) is 12.2. The summed E-state index contributed by atoms with van der Waals surface area (Å²) in [5, 5.41) is 12.1. The standard InChI is InChI=1S/C23H31N2O5P/c1-16(2)13-19(15-31(29,30)21(24)18-11-7-4-8-12-18)22(26)25-20(23(27)28)14-17-9-5-3-6-10-17/h3-12,16,19-21H,13-15,24H2,1-2H3,(H,25,26)(H,27,28)(H,29,30)/t19-,20+,21?/m1/s1. The van der Waals surface area contributed by atoms with Gasteiger partial charge in [-0.3, -0.25) is 9.36 Å². The SMILES string of the molecule is CC(C)C[C@H](CP(=O)(O)C(N)c1ccccc1)C(=O)N[C@@H](Cc1ccccc1)C(=O)O. The van der Waals surface area contributed by atoms with Crippen molar-refractivity contribution >= 4 is 19.2 Å². The highest BCUT2D eigenvalue weighted by Gasteiger charge is 2.36. The van der Waals surface area contributed by atoms with Crippen molar-refractivity contribution in [2.75, 3.05) is 6.16 Å². The second-order valence-electron chi connectivity index (χ2n) is 8.21. The third-order valence-corrected chi connectivity index (χ3v) is 7.21. The van der Waals surface area contributed by atoms with Crippen LogP contribution in [0.25, 0.3) is 0 Å². The fourth-order valence-electron chi connectivity index (χ4n) is 3.49. The van der Waals surface area contributed by atoms with Crippen molar-refractivity contribution in [3.63, 3.8) is 0 Å². The average Bonchev–Trinajstić information content (AvgIpc) is 2.73. The Bertz CT molecular complexity index is 905. The number of hydrogen-bond acceptors (Lipinski definition) is 4. The molecule has 0 saturated heterocycles. The first kappa shape index (κ1) is 24.8. The van der Waals surface area contributed by atoms with E-state index in [9.17, 15) is 24.2 Å². The molecule has 5 N–H and O–H groups in total. The molecule has 0 aliphatic carbocycles. The number of aliphatic carboxylic acids is 1. The number of carbonyl (C=O) groups is 2. The summed E-state index contributed by atoms with van der Waals surface area (Å²) >= 11 is 0. The Morgan fingerprint density at radius 1 is 1.03 bits per heavy atom. The number of carboxylic acid groups (broad SMARTS) is 1. The van der Waals surface area contributed by atoms with Gasteiger partial charge in [0.25, 0.3) is 0 Å². The van der Waals surface area contributed by atoms with E-state index >= 15 is 0 Å². The van der Waals surface area contributed by atoms with Crippen molar-refractivity contribution in [3.8, 4) is 0 Å². The van der Waals surface area contributed by atoms with Gasteiger partial charge in [0, 0.05) is 18.5 Å². The van der Waals surface area contributed by atoms with Crippen LogP contribution in [0.5, 0.6) is 0 Å². The number of benzene rings is 2. The summed E-state index contributed by atoms with van der Waals surface area (Å²) in [5.41, 5.74) is 7.36. The van der Waals surface area contributed by atoms with Gasteiger partial charge in [-0.25, -0.2) is 4.79 Å². The minimum atomic E-state index is -3.94. The zero-order chi connectivity index (χ0) is 23.0. The van der Waals surface area contributed by atoms with Gasteiger partial charge in [-0.1, -0.05) is 74.5 Å². The van der Waals surface area contributed by atoms with Crippen LogP contribution in [0, 0.1) is 11.8 Å². The second-order valence-corrected chi connectivity index (χ2v) is 10.6. The van der Waals surface area contributed by atoms with E-state index in [0.717, 1.165) is 5.56 Å². The summed E-state index contributed by atoms with van der Waals surface area (Å²) in [7, 11) is -3.94. The predicted molar refractivity (Wildman–Crippen MR) is 121 cm³/mol. The first-order valence-electron chi connectivity index (χ1n) is 10.3. The van der Waals surface area contributed by atoms with Gasteiger partial charge in [-0.05, 0) is 23.5 Å². The molecule has 0 aliphatic rings. The maximum Gasteiger partial charge on any atom is 0.326 e. The molecule has 168 valence electrons. The fourth-order valence-corrected chi connectivity index (χ4v) is 5.30. The van der Waals surface area contributed by atoms with E-state index in [2.05, 4.69) is 5.32 Å². The van der Waals surface area contributed by atoms with Gasteiger partial charge in [0.2, 0.25) is 13.3 Å². The molecule has 0 spiro atoms. The molecular weight excluding hydrogens is 415 g/mol. The van der Waals surface area contributed by atoms with Crippen LogP contribution in [-0.4, -0.2) is 34.1 Å². The van der Waals surface area contributed by atoms with E-state index < -0.39 is 37.0 Å². The predicted octanol–water partition coefficient (Wildman–Crippen LogP) is 3.39. The summed E-state index contributed by atoms with van der Waals surface area (Å²) in [6.45, 7) is 3.80. The van der Waals surface area contributed by atoms with Gasteiger partial charge >= 0.3 is 5.97 Å². The Kier molecular flexibility index (Phi) is 8.99. The molecule has 2 aromatic carbocycles. The van der Waals surface area contributed by atoms with Crippen molar-refractivity contribution < 1.29 is 24.2 Å². The molecule has 0 radical (unpaired) electrons. The van der Waals surface area contributed by atoms with E-state index in [1.165, 1.54) is 0 Å². The van der Waals surface area contributed by atoms with Gasteiger partial charge < -0.3 is 21.1 Å². The molecule has 0 fully saturated rings. The van der Waals surface area contributed by atoms with Crippen LogP contribution >= 0.6 is 7.37 Å². The highest BCUT2D eigenvalue weighted by atomic mass is 31.2. The summed E-state index contributed by atoms with van der Waals surface area (Å²) in [4.78, 5) is 35.4. The molecule has 0 aliphatic heterocycles. The van der Waals surface area contributed by atoms with Crippen molar-refractivity contribution in [3.05, 3.63) is 71.8 Å². The molecule has 0 saturated carbocycles. The Morgan fingerprint density at radius 2 is 1.58 bits per heavy atom. The molecule has 7 nitrogen and oxygen atoms in total. The Hall–Kier alpha value is -2.47. The number of hydrogen-bond donors (Lipinski definition) is 4. The topological polar surface area (TPSA) is 130 Å². The molecule has 2 unspecified atom stereocenters. The number of nitrogens with two attached hydrogens (primary N) is 1. The van der Waals surface area contributed by atoms with Gasteiger partial charge in [-0.15, -0.1) is 0 Å². The lowest BCUT2D eigenvalue weighted by atomic mass is 9.97. The molecule has 0 bridgehead atoms. The number of carbonyl (C=O) groups excluding carboxylic acids is 1. The highest BCUT2D eigenvalue weighted by molar-refractivity contribution is 7.58. The van der Waals surface area contributed by atoms with E-state index in [0.29, 0.717) is 12.0 Å². The van der Waals surface area contributed by atoms with Crippen LogP contribution in [0.3, 0.4) is 0 Å². The minimum absolute atomic E-state index is 0.0705.